The highest BCUT2D eigenvalue weighted by Gasteiger charge is 2.36. The smallest absolute Gasteiger partial charge is 0.207 e. The minimum Gasteiger partial charge on any atom is -0.413 e. The second-order valence-electron chi connectivity index (χ2n) is 4.04. The van der Waals surface area contributed by atoms with Gasteiger partial charge in [0.25, 0.3) is 0 Å². The molecule has 1 rings (SSSR count). The summed E-state index contributed by atoms with van der Waals surface area (Å²) < 4.78 is 6.03. The molecule has 0 atom stereocenters. The van der Waals surface area contributed by atoms with E-state index in [1.54, 1.807) is 0 Å². The van der Waals surface area contributed by atoms with Gasteiger partial charge < -0.3 is 4.43 Å². The number of hydrogen-bond acceptors (Lipinski definition) is 1. The van der Waals surface area contributed by atoms with E-state index < -0.39 is 8.32 Å². The van der Waals surface area contributed by atoms with Crippen LogP contribution in [-0.2, 0) is 4.43 Å². The first-order valence-corrected chi connectivity index (χ1v) is 7.99. The molecule has 1 fully saturated rings. The van der Waals surface area contributed by atoms with Crippen molar-refractivity contribution in [3.05, 3.63) is 0 Å². The summed E-state index contributed by atoms with van der Waals surface area (Å²) >= 11 is 6.02. The zero-order valence-corrected chi connectivity index (χ0v) is 9.86. The molecule has 12 heavy (non-hydrogen) atoms. The van der Waals surface area contributed by atoms with Gasteiger partial charge in [-0.2, -0.15) is 0 Å². The summed E-state index contributed by atoms with van der Waals surface area (Å²) in [4.78, 5) is 0. The van der Waals surface area contributed by atoms with Crippen LogP contribution in [-0.4, -0.2) is 19.9 Å². The summed E-state index contributed by atoms with van der Waals surface area (Å²) in [7, 11) is -1.45. The van der Waals surface area contributed by atoms with Gasteiger partial charge in [-0.15, -0.1) is 11.6 Å². The van der Waals surface area contributed by atoms with Crippen molar-refractivity contribution in [2.24, 2.45) is 0 Å². The minimum atomic E-state index is -1.45. The highest BCUT2D eigenvalue weighted by Crippen LogP contribution is 2.31. The first-order chi connectivity index (χ1) is 5.68. The topological polar surface area (TPSA) is 9.23 Å². The standard InChI is InChI=1S/C9H19ClOSi/c1-9(2)11-12(8-10)6-4-3-5-7-12/h9H,3-8H2,1-2H3. The molecule has 0 saturated carbocycles. The largest absolute Gasteiger partial charge is 0.413 e. The third kappa shape index (κ3) is 2.75. The Bertz CT molecular complexity index is 132. The lowest BCUT2D eigenvalue weighted by Crippen LogP contribution is -2.44. The average Bonchev–Trinajstić information content (AvgIpc) is 2.05. The fourth-order valence-electron chi connectivity index (χ4n) is 1.98. The number of halogens is 1. The molecule has 72 valence electrons. The summed E-state index contributed by atoms with van der Waals surface area (Å²) in [5.74, 6) is 0. The zero-order valence-electron chi connectivity index (χ0n) is 8.11. The number of hydrogen-bond donors (Lipinski definition) is 0. The van der Waals surface area contributed by atoms with Crippen molar-refractivity contribution in [3.63, 3.8) is 0 Å². The quantitative estimate of drug-likeness (QED) is 0.509. The van der Waals surface area contributed by atoms with Crippen molar-refractivity contribution in [1.82, 2.24) is 0 Å². The van der Waals surface area contributed by atoms with Gasteiger partial charge in [0, 0.05) is 11.6 Å². The Balaban J connectivity index is 2.48. The molecule has 0 aromatic carbocycles. The van der Waals surface area contributed by atoms with Crippen LogP contribution in [0.25, 0.3) is 0 Å². The van der Waals surface area contributed by atoms with Crippen LogP contribution in [0.5, 0.6) is 0 Å². The van der Waals surface area contributed by atoms with Crippen LogP contribution in [0, 0.1) is 0 Å². The van der Waals surface area contributed by atoms with E-state index in [0.717, 1.165) is 5.50 Å². The molecule has 1 aliphatic rings. The van der Waals surface area contributed by atoms with Crippen LogP contribution >= 0.6 is 11.6 Å². The van der Waals surface area contributed by atoms with Gasteiger partial charge >= 0.3 is 0 Å². The predicted molar refractivity (Wildman–Crippen MR) is 56.2 cm³/mol. The third-order valence-electron chi connectivity index (χ3n) is 2.49. The zero-order chi connectivity index (χ0) is 9.03. The first-order valence-electron chi connectivity index (χ1n) is 4.92. The molecule has 3 heteroatoms. The maximum Gasteiger partial charge on any atom is 0.207 e. The van der Waals surface area contributed by atoms with E-state index >= 15 is 0 Å². The van der Waals surface area contributed by atoms with Gasteiger partial charge in [-0.3, -0.25) is 0 Å². The lowest BCUT2D eigenvalue weighted by Gasteiger charge is -2.34. The van der Waals surface area contributed by atoms with E-state index in [4.69, 9.17) is 16.0 Å². The minimum absolute atomic E-state index is 0.369. The van der Waals surface area contributed by atoms with Crippen molar-refractivity contribution in [1.29, 1.82) is 0 Å². The van der Waals surface area contributed by atoms with Crippen molar-refractivity contribution in [2.45, 2.75) is 51.3 Å². The van der Waals surface area contributed by atoms with E-state index in [9.17, 15) is 0 Å². The number of rotatable bonds is 3. The Kier molecular flexibility index (Phi) is 4.07. The van der Waals surface area contributed by atoms with Crippen molar-refractivity contribution in [2.75, 3.05) is 5.50 Å². The van der Waals surface area contributed by atoms with Crippen LogP contribution in [0.2, 0.25) is 12.1 Å². The Hall–Kier alpha value is 0.467. The SMILES string of the molecule is CC(C)O[Si]1(CCl)CCCCC1. The second-order valence-corrected chi connectivity index (χ2v) is 8.71. The molecule has 0 bridgehead atoms. The Morgan fingerprint density at radius 2 is 1.83 bits per heavy atom. The van der Waals surface area contributed by atoms with Crippen molar-refractivity contribution < 1.29 is 4.43 Å². The highest BCUT2D eigenvalue weighted by atomic mass is 35.5. The normalized spacial score (nSPS) is 23.0. The molecule has 1 heterocycles. The van der Waals surface area contributed by atoms with Crippen LogP contribution in [0.3, 0.4) is 0 Å². The second kappa shape index (κ2) is 4.63. The molecule has 1 nitrogen and oxygen atoms in total. The third-order valence-corrected chi connectivity index (χ3v) is 7.94. The van der Waals surface area contributed by atoms with Gasteiger partial charge in [0.05, 0.1) is 0 Å². The number of alkyl halides is 1. The average molecular weight is 207 g/mol. The van der Waals surface area contributed by atoms with Gasteiger partial charge in [-0.05, 0) is 25.9 Å². The maximum absolute atomic E-state index is 6.03. The lowest BCUT2D eigenvalue weighted by atomic mass is 10.3. The molecule has 0 unspecified atom stereocenters. The molecule has 0 aromatic rings. The molecule has 0 N–H and O–H groups in total. The Labute approximate surface area is 81.6 Å². The summed E-state index contributed by atoms with van der Waals surface area (Å²) in [5, 5.41) is 0. The molecular weight excluding hydrogens is 188 g/mol. The molecule has 0 aliphatic carbocycles. The van der Waals surface area contributed by atoms with E-state index in [1.165, 1.54) is 31.4 Å². The molecular formula is C9H19ClOSi. The van der Waals surface area contributed by atoms with Crippen LogP contribution in [0.1, 0.15) is 33.1 Å². The van der Waals surface area contributed by atoms with Gasteiger partial charge in [-0.25, -0.2) is 0 Å². The van der Waals surface area contributed by atoms with E-state index in [1.807, 2.05) is 0 Å². The van der Waals surface area contributed by atoms with Crippen LogP contribution < -0.4 is 0 Å². The summed E-state index contributed by atoms with van der Waals surface area (Å²) in [6.07, 6.45) is 4.43. The van der Waals surface area contributed by atoms with Gasteiger partial charge in [0.1, 0.15) is 0 Å². The molecule has 0 radical (unpaired) electrons. The molecule has 0 amide bonds. The van der Waals surface area contributed by atoms with Crippen LogP contribution in [0.15, 0.2) is 0 Å². The summed E-state index contributed by atoms with van der Waals surface area (Å²) in [6.45, 7) is 4.24. The van der Waals surface area contributed by atoms with Crippen LogP contribution in [0.4, 0.5) is 0 Å². The monoisotopic (exact) mass is 206 g/mol. The van der Waals surface area contributed by atoms with Crippen molar-refractivity contribution >= 4 is 19.9 Å². The fourth-order valence-corrected chi connectivity index (χ4v) is 6.57. The Morgan fingerprint density at radius 1 is 1.25 bits per heavy atom. The van der Waals surface area contributed by atoms with E-state index in [2.05, 4.69) is 13.8 Å². The van der Waals surface area contributed by atoms with Crippen molar-refractivity contribution in [3.8, 4) is 0 Å². The molecule has 1 saturated heterocycles. The Morgan fingerprint density at radius 3 is 2.25 bits per heavy atom. The van der Waals surface area contributed by atoms with Gasteiger partial charge in [0.2, 0.25) is 8.32 Å². The highest BCUT2D eigenvalue weighted by molar-refractivity contribution is 6.80. The van der Waals surface area contributed by atoms with E-state index in [-0.39, 0.29) is 0 Å². The molecule has 0 spiro atoms. The van der Waals surface area contributed by atoms with E-state index in [0.29, 0.717) is 6.10 Å². The summed E-state index contributed by atoms with van der Waals surface area (Å²) in [5.41, 5.74) is 0.797. The van der Waals surface area contributed by atoms with Gasteiger partial charge in [0.15, 0.2) is 0 Å². The predicted octanol–water partition coefficient (Wildman–Crippen LogP) is 3.32. The molecule has 0 aromatic heterocycles. The fraction of sp³-hybridized carbons (Fsp3) is 1.00. The first kappa shape index (κ1) is 10.5. The summed E-state index contributed by atoms with van der Waals surface area (Å²) in [6, 6.07) is 2.57. The van der Waals surface area contributed by atoms with Gasteiger partial charge in [-0.1, -0.05) is 19.3 Å². The lowest BCUT2D eigenvalue weighted by molar-refractivity contribution is 0.222. The maximum atomic E-state index is 6.03. The molecule has 1 aliphatic heterocycles.